The average Bonchev–Trinajstić information content (AvgIpc) is 2.97. The highest BCUT2D eigenvalue weighted by Crippen LogP contribution is 2.22. The lowest BCUT2D eigenvalue weighted by atomic mass is 10.2. The van der Waals surface area contributed by atoms with Crippen molar-refractivity contribution in [3.63, 3.8) is 0 Å². The topological polar surface area (TPSA) is 81.4 Å². The highest BCUT2D eigenvalue weighted by Gasteiger charge is 2.17. The summed E-state index contributed by atoms with van der Waals surface area (Å²) in [5, 5.41) is 3.59. The predicted octanol–water partition coefficient (Wildman–Crippen LogP) is 1.59. The van der Waals surface area contributed by atoms with Crippen LogP contribution in [0.1, 0.15) is 12.0 Å². The SMILES string of the molecule is COc1ccccc1S(=O)(=O)NCCCc1cnoc1. The summed E-state index contributed by atoms with van der Waals surface area (Å²) < 4.78 is 36.6. The van der Waals surface area contributed by atoms with Crippen molar-refractivity contribution >= 4 is 10.0 Å². The third-order valence-electron chi connectivity index (χ3n) is 2.78. The van der Waals surface area contributed by atoms with E-state index in [1.165, 1.54) is 13.2 Å². The summed E-state index contributed by atoms with van der Waals surface area (Å²) in [6.45, 7) is 0.339. The van der Waals surface area contributed by atoms with E-state index in [2.05, 4.69) is 9.88 Å². The maximum absolute atomic E-state index is 12.2. The Labute approximate surface area is 117 Å². The number of aryl methyl sites for hydroxylation is 1. The Morgan fingerprint density at radius 2 is 2.15 bits per heavy atom. The van der Waals surface area contributed by atoms with Crippen LogP contribution in [-0.4, -0.2) is 27.2 Å². The van der Waals surface area contributed by atoms with Gasteiger partial charge in [-0.3, -0.25) is 0 Å². The zero-order valence-electron chi connectivity index (χ0n) is 11.1. The van der Waals surface area contributed by atoms with Crippen LogP contribution in [0.4, 0.5) is 0 Å². The van der Waals surface area contributed by atoms with E-state index in [0.717, 1.165) is 5.56 Å². The fourth-order valence-corrected chi connectivity index (χ4v) is 3.01. The van der Waals surface area contributed by atoms with Gasteiger partial charge in [0.05, 0.1) is 13.3 Å². The molecule has 0 bridgehead atoms. The second-order valence-corrected chi connectivity index (χ2v) is 5.92. The Kier molecular flexibility index (Phi) is 4.75. The number of hydrogen-bond donors (Lipinski definition) is 1. The smallest absolute Gasteiger partial charge is 0.244 e. The lowest BCUT2D eigenvalue weighted by Gasteiger charge is -2.10. The van der Waals surface area contributed by atoms with Gasteiger partial charge in [-0.1, -0.05) is 17.3 Å². The molecule has 0 amide bonds. The van der Waals surface area contributed by atoms with Gasteiger partial charge in [0.1, 0.15) is 16.9 Å². The Balaban J connectivity index is 1.94. The Bertz CT molecular complexity index is 638. The molecule has 7 heteroatoms. The molecule has 0 aliphatic carbocycles. The number of hydrogen-bond acceptors (Lipinski definition) is 5. The Morgan fingerprint density at radius 1 is 1.35 bits per heavy atom. The number of nitrogens with zero attached hydrogens (tertiary/aromatic N) is 1. The van der Waals surface area contributed by atoms with Crippen LogP contribution in [-0.2, 0) is 16.4 Å². The molecular formula is C13H16N2O4S. The van der Waals surface area contributed by atoms with E-state index >= 15 is 0 Å². The van der Waals surface area contributed by atoms with Gasteiger partial charge in [0.25, 0.3) is 0 Å². The molecule has 0 unspecified atom stereocenters. The summed E-state index contributed by atoms with van der Waals surface area (Å²) in [5.74, 6) is 0.332. The fraction of sp³-hybridized carbons (Fsp3) is 0.308. The van der Waals surface area contributed by atoms with Gasteiger partial charge in [0.2, 0.25) is 10.0 Å². The number of sulfonamides is 1. The molecule has 2 aromatic rings. The van der Waals surface area contributed by atoms with E-state index in [1.54, 1.807) is 30.7 Å². The standard InChI is InChI=1S/C13H16N2O4S/c1-18-12-6-2-3-7-13(12)20(16,17)15-8-4-5-11-9-14-19-10-11/h2-3,6-7,9-10,15H,4-5,8H2,1H3. The van der Waals surface area contributed by atoms with E-state index < -0.39 is 10.0 Å². The maximum atomic E-state index is 12.2. The second-order valence-electron chi connectivity index (χ2n) is 4.18. The summed E-state index contributed by atoms with van der Waals surface area (Å²) in [5.41, 5.74) is 0.946. The first-order valence-corrected chi connectivity index (χ1v) is 7.63. The molecule has 2 rings (SSSR count). The molecule has 0 spiro atoms. The monoisotopic (exact) mass is 296 g/mol. The first kappa shape index (κ1) is 14.5. The third kappa shape index (κ3) is 3.58. The molecule has 0 saturated carbocycles. The molecule has 6 nitrogen and oxygen atoms in total. The summed E-state index contributed by atoms with van der Waals surface area (Å²) in [7, 11) is -2.11. The van der Waals surface area contributed by atoms with Crippen molar-refractivity contribution in [3.05, 3.63) is 42.3 Å². The van der Waals surface area contributed by atoms with E-state index in [1.807, 2.05) is 0 Å². The minimum absolute atomic E-state index is 0.146. The van der Waals surface area contributed by atoms with Crippen molar-refractivity contribution in [1.29, 1.82) is 0 Å². The zero-order chi connectivity index (χ0) is 14.4. The molecule has 1 aromatic heterocycles. The first-order chi connectivity index (χ1) is 9.63. The molecule has 1 heterocycles. The fourth-order valence-electron chi connectivity index (χ4n) is 1.77. The zero-order valence-corrected chi connectivity index (χ0v) is 11.9. The number of rotatable bonds is 7. The van der Waals surface area contributed by atoms with Crippen molar-refractivity contribution in [2.24, 2.45) is 0 Å². The molecule has 0 aliphatic rings. The summed E-state index contributed by atoms with van der Waals surface area (Å²) in [6, 6.07) is 6.52. The van der Waals surface area contributed by atoms with Crippen LogP contribution in [0.15, 0.2) is 46.1 Å². The number of benzene rings is 1. The van der Waals surface area contributed by atoms with Crippen molar-refractivity contribution < 1.29 is 17.7 Å². The predicted molar refractivity (Wildman–Crippen MR) is 73.0 cm³/mol. The summed E-state index contributed by atoms with van der Waals surface area (Å²) in [6.07, 6.45) is 4.54. The molecule has 20 heavy (non-hydrogen) atoms. The van der Waals surface area contributed by atoms with Crippen LogP contribution in [0.2, 0.25) is 0 Å². The number of methoxy groups -OCH3 is 1. The van der Waals surface area contributed by atoms with Crippen molar-refractivity contribution in [1.82, 2.24) is 9.88 Å². The van der Waals surface area contributed by atoms with Crippen LogP contribution in [0.3, 0.4) is 0 Å². The molecule has 1 N–H and O–H groups in total. The van der Waals surface area contributed by atoms with Gasteiger partial charge < -0.3 is 9.26 Å². The highest BCUT2D eigenvalue weighted by molar-refractivity contribution is 7.89. The van der Waals surface area contributed by atoms with E-state index in [-0.39, 0.29) is 4.90 Å². The Hall–Kier alpha value is -1.86. The molecular weight excluding hydrogens is 280 g/mol. The number of aromatic nitrogens is 1. The van der Waals surface area contributed by atoms with E-state index in [9.17, 15) is 8.42 Å². The number of nitrogens with one attached hydrogen (secondary N) is 1. The van der Waals surface area contributed by atoms with Gasteiger partial charge in [-0.15, -0.1) is 0 Å². The van der Waals surface area contributed by atoms with Crippen LogP contribution in [0.5, 0.6) is 5.75 Å². The van der Waals surface area contributed by atoms with Crippen LogP contribution < -0.4 is 9.46 Å². The molecule has 0 radical (unpaired) electrons. The normalized spacial score (nSPS) is 11.4. The molecule has 108 valence electrons. The molecule has 0 saturated heterocycles. The van der Waals surface area contributed by atoms with Gasteiger partial charge in [-0.25, -0.2) is 13.1 Å². The van der Waals surface area contributed by atoms with Gasteiger partial charge >= 0.3 is 0 Å². The van der Waals surface area contributed by atoms with Gasteiger partial charge in [-0.2, -0.15) is 0 Å². The van der Waals surface area contributed by atoms with Gasteiger partial charge in [0, 0.05) is 12.1 Å². The first-order valence-electron chi connectivity index (χ1n) is 6.14. The molecule has 1 aromatic carbocycles. The van der Waals surface area contributed by atoms with E-state index in [4.69, 9.17) is 9.26 Å². The Morgan fingerprint density at radius 3 is 2.85 bits per heavy atom. The van der Waals surface area contributed by atoms with Crippen molar-refractivity contribution in [2.45, 2.75) is 17.7 Å². The lowest BCUT2D eigenvalue weighted by molar-refractivity contribution is 0.402. The van der Waals surface area contributed by atoms with Crippen LogP contribution in [0.25, 0.3) is 0 Å². The minimum atomic E-state index is -3.56. The molecule has 0 aliphatic heterocycles. The van der Waals surface area contributed by atoms with Crippen molar-refractivity contribution in [2.75, 3.05) is 13.7 Å². The largest absolute Gasteiger partial charge is 0.495 e. The summed E-state index contributed by atoms with van der Waals surface area (Å²) >= 11 is 0. The van der Waals surface area contributed by atoms with Crippen LogP contribution >= 0.6 is 0 Å². The second kappa shape index (κ2) is 6.53. The molecule has 0 fully saturated rings. The van der Waals surface area contributed by atoms with Gasteiger partial charge in [0.15, 0.2) is 0 Å². The maximum Gasteiger partial charge on any atom is 0.244 e. The average molecular weight is 296 g/mol. The number of ether oxygens (including phenoxy) is 1. The molecule has 0 atom stereocenters. The van der Waals surface area contributed by atoms with Crippen LogP contribution in [0, 0.1) is 0 Å². The lowest BCUT2D eigenvalue weighted by Crippen LogP contribution is -2.25. The minimum Gasteiger partial charge on any atom is -0.495 e. The highest BCUT2D eigenvalue weighted by atomic mass is 32.2. The third-order valence-corrected chi connectivity index (χ3v) is 4.28. The number of para-hydroxylation sites is 1. The summed E-state index contributed by atoms with van der Waals surface area (Å²) in [4.78, 5) is 0.146. The van der Waals surface area contributed by atoms with Gasteiger partial charge in [-0.05, 0) is 25.0 Å². The van der Waals surface area contributed by atoms with E-state index in [0.29, 0.717) is 25.1 Å². The van der Waals surface area contributed by atoms with Crippen molar-refractivity contribution in [3.8, 4) is 5.75 Å². The quantitative estimate of drug-likeness (QED) is 0.785.